The molecule has 34 heavy (non-hydrogen) atoms. The van der Waals surface area contributed by atoms with Crippen LogP contribution < -0.4 is 25.6 Å². The summed E-state index contributed by atoms with van der Waals surface area (Å²) in [4.78, 5) is 51.6. The number of hydrazone groups is 1. The van der Waals surface area contributed by atoms with Crippen molar-refractivity contribution >= 4 is 45.6 Å². The van der Waals surface area contributed by atoms with E-state index >= 15 is 0 Å². The van der Waals surface area contributed by atoms with Gasteiger partial charge in [0.15, 0.2) is 11.5 Å². The molecular formula is C22H22N4O7S. The molecule has 11 nitrogen and oxygen atoms in total. The summed E-state index contributed by atoms with van der Waals surface area (Å²) in [6, 6.07) is 4.63. The number of rotatable bonds is 9. The van der Waals surface area contributed by atoms with Gasteiger partial charge in [-0.3, -0.25) is 14.4 Å². The molecule has 3 aromatic rings. The molecule has 3 rings (SSSR count). The first kappa shape index (κ1) is 24.5. The van der Waals surface area contributed by atoms with E-state index in [0.717, 1.165) is 11.3 Å². The van der Waals surface area contributed by atoms with Gasteiger partial charge in [-0.2, -0.15) is 5.10 Å². The SMILES string of the molecule is CCOC(=O)c1c[nH]c2c(/C=N/NC(=O)CNC(=O)c3ccc(OC)c(OC)c3)csc2c1=O. The second-order valence-electron chi connectivity index (χ2n) is 6.69. The van der Waals surface area contributed by atoms with Gasteiger partial charge in [0.1, 0.15) is 5.56 Å². The van der Waals surface area contributed by atoms with Crippen molar-refractivity contribution in [2.75, 3.05) is 27.4 Å². The maximum atomic E-state index is 12.5. The first-order valence-electron chi connectivity index (χ1n) is 10.0. The molecule has 0 radical (unpaired) electrons. The van der Waals surface area contributed by atoms with E-state index in [1.165, 1.54) is 32.7 Å². The second kappa shape index (κ2) is 11.1. The summed E-state index contributed by atoms with van der Waals surface area (Å²) in [6.45, 7) is 1.50. The van der Waals surface area contributed by atoms with E-state index in [1.807, 2.05) is 0 Å². The standard InChI is InChI=1S/C22H22N4O7S/c1-4-33-22(30)14-9-23-18-13(11-34-20(18)19(14)28)8-25-26-17(27)10-24-21(29)12-5-6-15(31-2)16(7-12)32-3/h5-9,11H,4,10H2,1-3H3,(H,23,28)(H,24,29)(H,26,27)/b25-8+. The van der Waals surface area contributed by atoms with Crippen molar-refractivity contribution in [3.63, 3.8) is 0 Å². The Labute approximate surface area is 197 Å². The number of carbonyl (C=O) groups excluding carboxylic acids is 3. The van der Waals surface area contributed by atoms with Crippen molar-refractivity contribution in [3.8, 4) is 11.5 Å². The van der Waals surface area contributed by atoms with Crippen LogP contribution in [0.3, 0.4) is 0 Å². The van der Waals surface area contributed by atoms with Gasteiger partial charge in [-0.15, -0.1) is 11.3 Å². The number of nitrogens with one attached hydrogen (secondary N) is 3. The summed E-state index contributed by atoms with van der Waals surface area (Å²) in [6.07, 6.45) is 2.64. The summed E-state index contributed by atoms with van der Waals surface area (Å²) in [7, 11) is 2.94. The molecule has 0 aliphatic heterocycles. The third-order valence-corrected chi connectivity index (χ3v) is 5.57. The average Bonchev–Trinajstić information content (AvgIpc) is 3.26. The van der Waals surface area contributed by atoms with E-state index in [4.69, 9.17) is 14.2 Å². The molecule has 0 fully saturated rings. The maximum Gasteiger partial charge on any atom is 0.343 e. The fourth-order valence-electron chi connectivity index (χ4n) is 2.93. The van der Waals surface area contributed by atoms with Gasteiger partial charge < -0.3 is 24.5 Å². The lowest BCUT2D eigenvalue weighted by Gasteiger charge is -2.09. The highest BCUT2D eigenvalue weighted by molar-refractivity contribution is 7.17. The predicted molar refractivity (Wildman–Crippen MR) is 126 cm³/mol. The van der Waals surface area contributed by atoms with Crippen LogP contribution in [0.4, 0.5) is 0 Å². The zero-order valence-corrected chi connectivity index (χ0v) is 19.4. The lowest BCUT2D eigenvalue weighted by atomic mass is 10.2. The third-order valence-electron chi connectivity index (χ3n) is 4.57. The van der Waals surface area contributed by atoms with Crippen LogP contribution in [-0.4, -0.2) is 56.4 Å². The molecule has 0 bridgehead atoms. The zero-order chi connectivity index (χ0) is 24.7. The number of thiophene rings is 1. The Morgan fingerprint density at radius 3 is 2.65 bits per heavy atom. The fraction of sp³-hybridized carbons (Fsp3) is 0.227. The lowest BCUT2D eigenvalue weighted by molar-refractivity contribution is -0.120. The summed E-state index contributed by atoms with van der Waals surface area (Å²) in [5.74, 6) is -0.858. The Kier molecular flexibility index (Phi) is 7.98. The van der Waals surface area contributed by atoms with Crippen molar-refractivity contribution < 1.29 is 28.6 Å². The normalized spacial score (nSPS) is 10.8. The molecule has 12 heteroatoms. The molecule has 2 aromatic heterocycles. The van der Waals surface area contributed by atoms with Gasteiger partial charge in [-0.05, 0) is 25.1 Å². The minimum atomic E-state index is -0.698. The van der Waals surface area contributed by atoms with Crippen molar-refractivity contribution in [1.29, 1.82) is 0 Å². The number of hydrogen-bond donors (Lipinski definition) is 3. The largest absolute Gasteiger partial charge is 0.493 e. The van der Waals surface area contributed by atoms with Crippen LogP contribution >= 0.6 is 11.3 Å². The Hall–Kier alpha value is -4.19. The average molecular weight is 487 g/mol. The first-order valence-corrected chi connectivity index (χ1v) is 10.9. The Morgan fingerprint density at radius 2 is 1.94 bits per heavy atom. The number of hydrogen-bond acceptors (Lipinski definition) is 9. The summed E-state index contributed by atoms with van der Waals surface area (Å²) < 4.78 is 15.5. The third kappa shape index (κ3) is 5.41. The topological polar surface area (TPSA) is 148 Å². The molecular weight excluding hydrogens is 464 g/mol. The van der Waals surface area contributed by atoms with E-state index in [2.05, 4.69) is 20.8 Å². The van der Waals surface area contributed by atoms with E-state index in [-0.39, 0.29) is 18.7 Å². The minimum absolute atomic E-state index is 0.0850. The maximum absolute atomic E-state index is 12.5. The van der Waals surface area contributed by atoms with Crippen LogP contribution in [0, 0.1) is 0 Å². The predicted octanol–water partition coefficient (Wildman–Crippen LogP) is 1.66. The van der Waals surface area contributed by atoms with Crippen LogP contribution in [0.1, 0.15) is 33.2 Å². The van der Waals surface area contributed by atoms with Crippen molar-refractivity contribution in [1.82, 2.24) is 15.7 Å². The molecule has 0 aliphatic carbocycles. The van der Waals surface area contributed by atoms with Gasteiger partial charge in [-0.25, -0.2) is 10.2 Å². The number of nitrogens with zero attached hydrogens (tertiary/aromatic N) is 1. The molecule has 2 heterocycles. The van der Waals surface area contributed by atoms with Gasteiger partial charge in [-0.1, -0.05) is 0 Å². The number of amides is 2. The lowest BCUT2D eigenvalue weighted by Crippen LogP contribution is -2.34. The molecule has 3 N–H and O–H groups in total. The molecule has 0 atom stereocenters. The number of carbonyl (C=O) groups is 3. The summed E-state index contributed by atoms with van der Waals surface area (Å²) in [5.41, 5.74) is 3.09. The van der Waals surface area contributed by atoms with E-state index in [1.54, 1.807) is 24.4 Å². The Balaban J connectivity index is 1.60. The smallest absolute Gasteiger partial charge is 0.343 e. The zero-order valence-electron chi connectivity index (χ0n) is 18.6. The molecule has 2 amide bonds. The monoisotopic (exact) mass is 486 g/mol. The van der Waals surface area contributed by atoms with E-state index in [9.17, 15) is 19.2 Å². The van der Waals surface area contributed by atoms with Gasteiger partial charge in [0.2, 0.25) is 5.43 Å². The van der Waals surface area contributed by atoms with Crippen LogP contribution in [0.2, 0.25) is 0 Å². The molecule has 0 unspecified atom stereocenters. The summed E-state index contributed by atoms with van der Waals surface area (Å²) in [5, 5.41) is 8.01. The van der Waals surface area contributed by atoms with Crippen LogP contribution in [0.5, 0.6) is 11.5 Å². The number of aromatic nitrogens is 1. The molecule has 0 spiro atoms. The second-order valence-corrected chi connectivity index (χ2v) is 7.57. The van der Waals surface area contributed by atoms with Gasteiger partial charge in [0, 0.05) is 22.7 Å². The molecule has 0 saturated heterocycles. The van der Waals surface area contributed by atoms with E-state index in [0.29, 0.717) is 32.8 Å². The van der Waals surface area contributed by atoms with Crippen molar-refractivity contribution in [2.45, 2.75) is 6.92 Å². The van der Waals surface area contributed by atoms with Gasteiger partial charge in [0.05, 0.1) is 43.8 Å². The fourth-order valence-corrected chi connectivity index (χ4v) is 3.86. The number of ether oxygens (including phenoxy) is 3. The molecule has 0 aliphatic rings. The highest BCUT2D eigenvalue weighted by atomic mass is 32.1. The number of aromatic amines is 1. The van der Waals surface area contributed by atoms with Crippen molar-refractivity contribution in [3.05, 3.63) is 56.7 Å². The number of pyridine rings is 1. The van der Waals surface area contributed by atoms with E-state index < -0.39 is 23.2 Å². The Morgan fingerprint density at radius 1 is 1.18 bits per heavy atom. The number of H-pyrrole nitrogens is 1. The molecule has 1 aromatic carbocycles. The number of fused-ring (bicyclic) bond motifs is 1. The number of methoxy groups -OCH3 is 2. The number of benzene rings is 1. The van der Waals surface area contributed by atoms with Gasteiger partial charge in [0.25, 0.3) is 11.8 Å². The van der Waals surface area contributed by atoms with Crippen LogP contribution in [-0.2, 0) is 9.53 Å². The number of esters is 1. The quantitative estimate of drug-likeness (QED) is 0.237. The van der Waals surface area contributed by atoms with Crippen molar-refractivity contribution in [2.24, 2.45) is 5.10 Å². The summed E-state index contributed by atoms with van der Waals surface area (Å²) >= 11 is 1.13. The first-order chi connectivity index (χ1) is 16.4. The molecule has 178 valence electrons. The molecule has 0 saturated carbocycles. The Bertz CT molecular complexity index is 1310. The highest BCUT2D eigenvalue weighted by Crippen LogP contribution is 2.27. The van der Waals surface area contributed by atoms with Gasteiger partial charge >= 0.3 is 5.97 Å². The van der Waals surface area contributed by atoms with Crippen LogP contribution in [0.15, 0.2) is 39.7 Å². The highest BCUT2D eigenvalue weighted by Gasteiger charge is 2.16. The van der Waals surface area contributed by atoms with Crippen LogP contribution in [0.25, 0.3) is 10.2 Å². The minimum Gasteiger partial charge on any atom is -0.493 e.